The molecule has 0 radical (unpaired) electrons. The lowest BCUT2D eigenvalue weighted by molar-refractivity contribution is 0.581. The molecular formula is C8H8Cl4O2P2. The zero-order valence-corrected chi connectivity index (χ0v) is 12.7. The topological polar surface area (TPSA) is 34.1 Å². The smallest absolute Gasteiger partial charge is 0.260 e. The van der Waals surface area contributed by atoms with Crippen LogP contribution in [-0.2, 0) is 9.13 Å². The van der Waals surface area contributed by atoms with Gasteiger partial charge in [0.1, 0.15) is 0 Å². The molecule has 1 unspecified atom stereocenters. The van der Waals surface area contributed by atoms with Crippen LogP contribution < -0.4 is 0 Å². The maximum absolute atomic E-state index is 11.7. The molecule has 0 N–H and O–H groups in total. The van der Waals surface area contributed by atoms with E-state index in [1.165, 1.54) is 0 Å². The van der Waals surface area contributed by atoms with E-state index in [0.29, 0.717) is 5.56 Å². The summed E-state index contributed by atoms with van der Waals surface area (Å²) in [5.41, 5.74) is -0.199. The standard InChI is InChI=1S/C8H8Cl4O2P2/c9-15(10,13)6-8(16(11,12)14)7-4-2-1-3-5-7/h1-5,8H,6H2. The van der Waals surface area contributed by atoms with Gasteiger partial charge < -0.3 is 0 Å². The van der Waals surface area contributed by atoms with Gasteiger partial charge in [-0.15, -0.1) is 0 Å². The maximum Gasteiger partial charge on any atom is 0.260 e. The van der Waals surface area contributed by atoms with E-state index >= 15 is 0 Å². The molecule has 0 saturated carbocycles. The van der Waals surface area contributed by atoms with Crippen LogP contribution in [0, 0.1) is 0 Å². The van der Waals surface area contributed by atoms with Crippen LogP contribution in [0.2, 0.25) is 0 Å². The quantitative estimate of drug-likeness (QED) is 0.624. The third-order valence-corrected chi connectivity index (χ3v) is 6.46. The van der Waals surface area contributed by atoms with Crippen molar-refractivity contribution in [3.05, 3.63) is 35.9 Å². The van der Waals surface area contributed by atoms with Crippen molar-refractivity contribution in [2.24, 2.45) is 0 Å². The van der Waals surface area contributed by atoms with Crippen molar-refractivity contribution in [1.29, 1.82) is 0 Å². The predicted molar refractivity (Wildman–Crippen MR) is 72.7 cm³/mol. The molecule has 16 heavy (non-hydrogen) atoms. The van der Waals surface area contributed by atoms with Gasteiger partial charge in [-0.3, -0.25) is 9.13 Å². The normalized spacial score (nSPS) is 14.8. The molecule has 0 saturated heterocycles. The average molecular weight is 340 g/mol. The van der Waals surface area contributed by atoms with E-state index < -0.39 is 17.4 Å². The summed E-state index contributed by atoms with van der Waals surface area (Å²) in [6, 6.07) is 8.63. The monoisotopic (exact) mass is 338 g/mol. The van der Waals surface area contributed by atoms with Crippen molar-refractivity contribution in [1.82, 2.24) is 0 Å². The molecule has 0 aromatic heterocycles. The van der Waals surface area contributed by atoms with Crippen LogP contribution in [0.4, 0.5) is 0 Å². The zero-order chi connectivity index (χ0) is 12.4. The molecule has 1 aromatic carbocycles. The fraction of sp³-hybridized carbons (Fsp3) is 0.250. The van der Waals surface area contributed by atoms with E-state index in [1.54, 1.807) is 30.3 Å². The highest BCUT2D eigenvalue weighted by atomic mass is 35.9. The SMILES string of the molecule is O=P(Cl)(Cl)CC(c1ccccc1)P(=O)(Cl)Cl. The number of halogens is 4. The molecule has 0 spiro atoms. The van der Waals surface area contributed by atoms with Gasteiger partial charge in [-0.05, 0) is 50.5 Å². The molecule has 8 heteroatoms. The minimum Gasteiger partial charge on any atom is -0.289 e. The van der Waals surface area contributed by atoms with Crippen LogP contribution in [0.3, 0.4) is 0 Å². The van der Waals surface area contributed by atoms with Gasteiger partial charge in [-0.2, -0.15) is 0 Å². The van der Waals surface area contributed by atoms with Crippen molar-refractivity contribution in [2.45, 2.75) is 5.66 Å². The van der Waals surface area contributed by atoms with Crippen molar-refractivity contribution in [3.63, 3.8) is 0 Å². The van der Waals surface area contributed by atoms with Gasteiger partial charge in [0.15, 0.2) is 0 Å². The molecule has 1 atom stereocenters. The van der Waals surface area contributed by atoms with Crippen LogP contribution in [0.15, 0.2) is 30.3 Å². The first-order valence-electron chi connectivity index (χ1n) is 4.22. The fourth-order valence-corrected chi connectivity index (χ4v) is 7.03. The molecule has 0 heterocycles. The van der Waals surface area contributed by atoms with Crippen LogP contribution in [-0.4, -0.2) is 6.16 Å². The lowest BCUT2D eigenvalue weighted by atomic mass is 10.2. The minimum absolute atomic E-state index is 0.204. The van der Waals surface area contributed by atoms with Crippen LogP contribution in [0.1, 0.15) is 11.2 Å². The minimum atomic E-state index is -3.49. The molecule has 0 amide bonds. The summed E-state index contributed by atoms with van der Waals surface area (Å²) in [5.74, 6) is -6.87. The molecule has 0 aliphatic carbocycles. The summed E-state index contributed by atoms with van der Waals surface area (Å²) in [5, 5.41) is 0. The molecule has 0 aliphatic rings. The lowest BCUT2D eigenvalue weighted by Gasteiger charge is -2.18. The Morgan fingerprint density at radius 3 is 1.88 bits per heavy atom. The van der Waals surface area contributed by atoms with E-state index in [-0.39, 0.29) is 6.16 Å². The Morgan fingerprint density at radius 1 is 1.00 bits per heavy atom. The maximum atomic E-state index is 11.7. The first-order valence-corrected chi connectivity index (χ1v) is 11.5. The van der Waals surface area contributed by atoms with E-state index in [9.17, 15) is 9.13 Å². The Kier molecular flexibility index (Phi) is 5.26. The second kappa shape index (κ2) is 5.65. The number of hydrogen-bond donors (Lipinski definition) is 0. The first-order chi connectivity index (χ1) is 7.20. The Morgan fingerprint density at radius 2 is 1.50 bits per heavy atom. The van der Waals surface area contributed by atoms with Crippen molar-refractivity contribution < 1.29 is 9.13 Å². The third-order valence-electron chi connectivity index (χ3n) is 1.93. The molecule has 1 aromatic rings. The van der Waals surface area contributed by atoms with Crippen molar-refractivity contribution in [2.75, 3.05) is 6.16 Å². The van der Waals surface area contributed by atoms with E-state index in [1.807, 2.05) is 0 Å². The number of rotatable bonds is 4. The third kappa shape index (κ3) is 5.00. The fourth-order valence-electron chi connectivity index (χ4n) is 1.25. The zero-order valence-electron chi connectivity index (χ0n) is 7.89. The van der Waals surface area contributed by atoms with Gasteiger partial charge in [-0.1, -0.05) is 30.3 Å². The van der Waals surface area contributed by atoms with E-state index in [4.69, 9.17) is 45.0 Å². The van der Waals surface area contributed by atoms with Gasteiger partial charge in [0, 0.05) is 6.16 Å². The molecule has 0 aliphatic heterocycles. The van der Waals surface area contributed by atoms with Gasteiger partial charge in [0.05, 0.1) is 5.66 Å². The lowest BCUT2D eigenvalue weighted by Crippen LogP contribution is -1.98. The molecule has 1 rings (SSSR count). The summed E-state index contributed by atoms with van der Waals surface area (Å²) in [6.45, 7) is 0. The summed E-state index contributed by atoms with van der Waals surface area (Å²) in [7, 11) is 0. The summed E-state index contributed by atoms with van der Waals surface area (Å²) >= 11 is 22.2. The Hall–Kier alpha value is 0.840. The Balaban J connectivity index is 3.08. The molecule has 2 nitrogen and oxygen atoms in total. The number of hydrogen-bond acceptors (Lipinski definition) is 2. The van der Waals surface area contributed by atoms with Gasteiger partial charge >= 0.3 is 0 Å². The molecule has 0 fully saturated rings. The summed E-state index contributed by atoms with van der Waals surface area (Å²) in [6.07, 6.45) is -0.204. The second-order valence-electron chi connectivity index (χ2n) is 3.18. The van der Waals surface area contributed by atoms with Gasteiger partial charge in [0.2, 0.25) is 0 Å². The van der Waals surface area contributed by atoms with Crippen molar-refractivity contribution >= 4 is 56.7 Å². The van der Waals surface area contributed by atoms with E-state index in [0.717, 1.165) is 0 Å². The van der Waals surface area contributed by atoms with Crippen LogP contribution in [0.25, 0.3) is 0 Å². The molecule has 0 bridgehead atoms. The highest BCUT2D eigenvalue weighted by molar-refractivity contribution is 8.11. The Bertz CT molecular complexity index is 439. The van der Waals surface area contributed by atoms with Crippen LogP contribution >= 0.6 is 56.7 Å². The molecule has 90 valence electrons. The highest BCUT2D eigenvalue weighted by Gasteiger charge is 2.35. The van der Waals surface area contributed by atoms with Gasteiger partial charge in [0.25, 0.3) is 11.7 Å². The predicted octanol–water partition coefficient (Wildman–Crippen LogP) is 6.07. The summed E-state index contributed by atoms with van der Waals surface area (Å²) in [4.78, 5) is 0. The molecular weight excluding hydrogens is 332 g/mol. The summed E-state index contributed by atoms with van der Waals surface area (Å²) < 4.78 is 23.0. The van der Waals surface area contributed by atoms with Gasteiger partial charge in [-0.25, -0.2) is 0 Å². The first kappa shape index (κ1) is 14.9. The van der Waals surface area contributed by atoms with Crippen molar-refractivity contribution in [3.8, 4) is 0 Å². The second-order valence-corrected chi connectivity index (χ2v) is 13.6. The number of benzene rings is 1. The highest BCUT2D eigenvalue weighted by Crippen LogP contribution is 2.73. The average Bonchev–Trinajstić information content (AvgIpc) is 2.13. The largest absolute Gasteiger partial charge is 0.289 e. The Labute approximate surface area is 113 Å². The van der Waals surface area contributed by atoms with Crippen LogP contribution in [0.5, 0.6) is 0 Å². The van der Waals surface area contributed by atoms with E-state index in [2.05, 4.69) is 0 Å².